The molecule has 98 valence electrons. The molecule has 0 amide bonds. The van der Waals surface area contributed by atoms with Crippen LogP contribution in [0, 0.1) is 10.1 Å². The Morgan fingerprint density at radius 3 is 2.95 bits per heavy atom. The number of pyridine rings is 1. The summed E-state index contributed by atoms with van der Waals surface area (Å²) in [7, 11) is 0. The minimum Gasteiger partial charge on any atom is -0.382 e. The highest BCUT2D eigenvalue weighted by Crippen LogP contribution is 2.31. The van der Waals surface area contributed by atoms with Crippen molar-refractivity contribution in [3.8, 4) is 0 Å². The van der Waals surface area contributed by atoms with E-state index in [0.29, 0.717) is 5.39 Å². The minimum atomic E-state index is -0.388. The molecule has 2 rings (SSSR count). The molecule has 0 saturated heterocycles. The maximum absolute atomic E-state index is 11.0. The summed E-state index contributed by atoms with van der Waals surface area (Å²) in [5.74, 6) is 0. The van der Waals surface area contributed by atoms with Gasteiger partial charge in [-0.3, -0.25) is 15.1 Å². The molecule has 1 heterocycles. The van der Waals surface area contributed by atoms with Crippen molar-refractivity contribution in [2.24, 2.45) is 0 Å². The molecule has 0 aliphatic carbocycles. The summed E-state index contributed by atoms with van der Waals surface area (Å²) in [5.41, 5.74) is 0.947. The van der Waals surface area contributed by atoms with Gasteiger partial charge in [0, 0.05) is 35.6 Å². The fourth-order valence-electron chi connectivity index (χ4n) is 2.03. The van der Waals surface area contributed by atoms with Gasteiger partial charge in [-0.2, -0.15) is 0 Å². The van der Waals surface area contributed by atoms with Gasteiger partial charge in [0.1, 0.15) is 0 Å². The lowest BCUT2D eigenvalue weighted by molar-refractivity contribution is -0.383. The fraction of sp³-hybridized carbons (Fsp3) is 0.214. The Labute approximate surface area is 111 Å². The van der Waals surface area contributed by atoms with Gasteiger partial charge in [0.05, 0.1) is 10.3 Å². The molecule has 19 heavy (non-hydrogen) atoms. The van der Waals surface area contributed by atoms with Crippen LogP contribution in [-0.4, -0.2) is 15.9 Å². The number of hydrogen-bond donors (Lipinski definition) is 1. The lowest BCUT2D eigenvalue weighted by Crippen LogP contribution is -2.14. The van der Waals surface area contributed by atoms with Gasteiger partial charge in [-0.1, -0.05) is 6.08 Å². The van der Waals surface area contributed by atoms with E-state index in [1.807, 2.05) is 13.0 Å². The average Bonchev–Trinajstić information content (AvgIpc) is 2.39. The second-order valence-corrected chi connectivity index (χ2v) is 4.38. The maximum atomic E-state index is 11.0. The molecule has 1 unspecified atom stereocenters. The van der Waals surface area contributed by atoms with Crippen molar-refractivity contribution in [3.05, 3.63) is 53.4 Å². The van der Waals surface area contributed by atoms with Crippen molar-refractivity contribution in [1.82, 2.24) is 4.98 Å². The molecule has 2 aromatic rings. The Morgan fingerprint density at radius 1 is 1.47 bits per heavy atom. The standard InChI is InChI=1S/C14H15N3O2/c1-3-4-10(2)16-13-5-6-14(17(18)19)12-9-15-8-7-11(12)13/h3,5-10,16H,1,4H2,2H3. The zero-order valence-electron chi connectivity index (χ0n) is 10.7. The van der Waals surface area contributed by atoms with E-state index < -0.39 is 0 Å². The number of hydrogen-bond acceptors (Lipinski definition) is 4. The molecule has 0 spiro atoms. The minimum absolute atomic E-state index is 0.0741. The lowest BCUT2D eigenvalue weighted by atomic mass is 10.1. The second-order valence-electron chi connectivity index (χ2n) is 4.38. The zero-order valence-corrected chi connectivity index (χ0v) is 10.7. The van der Waals surface area contributed by atoms with Crippen molar-refractivity contribution >= 4 is 22.1 Å². The smallest absolute Gasteiger partial charge is 0.278 e. The lowest BCUT2D eigenvalue weighted by Gasteiger charge is -2.15. The third-order valence-corrected chi connectivity index (χ3v) is 2.91. The molecular weight excluding hydrogens is 242 g/mol. The molecule has 0 aliphatic heterocycles. The predicted molar refractivity (Wildman–Crippen MR) is 76.3 cm³/mol. The number of nitrogens with one attached hydrogen (secondary N) is 1. The van der Waals surface area contributed by atoms with Crippen molar-refractivity contribution in [2.75, 3.05) is 5.32 Å². The molecular formula is C14H15N3O2. The molecule has 1 aromatic carbocycles. The summed E-state index contributed by atoms with van der Waals surface area (Å²) >= 11 is 0. The summed E-state index contributed by atoms with van der Waals surface area (Å²) in [6, 6.07) is 5.24. The predicted octanol–water partition coefficient (Wildman–Crippen LogP) is 3.52. The average molecular weight is 257 g/mol. The van der Waals surface area contributed by atoms with Crippen LogP contribution in [0.15, 0.2) is 43.2 Å². The highest BCUT2D eigenvalue weighted by Gasteiger charge is 2.14. The van der Waals surface area contributed by atoms with Crippen molar-refractivity contribution < 1.29 is 4.92 Å². The number of benzene rings is 1. The van der Waals surface area contributed by atoms with Crippen LogP contribution in [-0.2, 0) is 0 Å². The SMILES string of the molecule is C=CCC(C)Nc1ccc([N+](=O)[O-])c2cnccc12. The molecule has 1 atom stereocenters. The number of nitro benzene ring substituents is 1. The summed E-state index contributed by atoms with van der Waals surface area (Å²) in [6.07, 6.45) is 5.82. The highest BCUT2D eigenvalue weighted by atomic mass is 16.6. The molecule has 0 aliphatic rings. The first-order chi connectivity index (χ1) is 9.13. The van der Waals surface area contributed by atoms with Crippen LogP contribution in [0.5, 0.6) is 0 Å². The number of non-ortho nitro benzene ring substituents is 1. The first kappa shape index (κ1) is 13.0. The van der Waals surface area contributed by atoms with E-state index in [0.717, 1.165) is 17.5 Å². The van der Waals surface area contributed by atoms with Crippen molar-refractivity contribution in [2.45, 2.75) is 19.4 Å². The Hall–Kier alpha value is -2.43. The molecule has 0 radical (unpaired) electrons. The van der Waals surface area contributed by atoms with Gasteiger partial charge in [0.25, 0.3) is 5.69 Å². The van der Waals surface area contributed by atoms with Gasteiger partial charge in [-0.15, -0.1) is 6.58 Å². The first-order valence-electron chi connectivity index (χ1n) is 6.02. The van der Waals surface area contributed by atoms with E-state index in [1.54, 1.807) is 18.3 Å². The van der Waals surface area contributed by atoms with Gasteiger partial charge in [-0.05, 0) is 25.5 Å². The monoisotopic (exact) mass is 257 g/mol. The molecule has 0 bridgehead atoms. The van der Waals surface area contributed by atoms with E-state index in [1.165, 1.54) is 12.3 Å². The summed E-state index contributed by atoms with van der Waals surface area (Å²) in [4.78, 5) is 14.6. The van der Waals surface area contributed by atoms with Gasteiger partial charge in [0.2, 0.25) is 0 Å². The Bertz CT molecular complexity index is 625. The number of nitro groups is 1. The Morgan fingerprint density at radius 2 is 2.26 bits per heavy atom. The Kier molecular flexibility index (Phi) is 3.75. The summed E-state index contributed by atoms with van der Waals surface area (Å²) in [6.45, 7) is 5.74. The molecule has 5 nitrogen and oxygen atoms in total. The molecule has 5 heteroatoms. The van der Waals surface area contributed by atoms with Crippen LogP contribution in [0.1, 0.15) is 13.3 Å². The van der Waals surface area contributed by atoms with E-state index in [9.17, 15) is 10.1 Å². The van der Waals surface area contributed by atoms with Gasteiger partial charge < -0.3 is 5.32 Å². The Balaban J connectivity index is 2.49. The highest BCUT2D eigenvalue weighted by molar-refractivity contribution is 5.99. The topological polar surface area (TPSA) is 68.1 Å². The van der Waals surface area contributed by atoms with Crippen LogP contribution in [0.2, 0.25) is 0 Å². The molecule has 0 fully saturated rings. The van der Waals surface area contributed by atoms with Crippen molar-refractivity contribution in [3.63, 3.8) is 0 Å². The zero-order chi connectivity index (χ0) is 13.8. The van der Waals surface area contributed by atoms with Gasteiger partial charge in [-0.25, -0.2) is 0 Å². The summed E-state index contributed by atoms with van der Waals surface area (Å²) < 4.78 is 0. The van der Waals surface area contributed by atoms with Crippen LogP contribution in [0.25, 0.3) is 10.8 Å². The third-order valence-electron chi connectivity index (χ3n) is 2.91. The number of nitrogens with zero attached hydrogens (tertiary/aromatic N) is 2. The van der Waals surface area contributed by atoms with E-state index in [-0.39, 0.29) is 16.7 Å². The van der Waals surface area contributed by atoms with E-state index in [2.05, 4.69) is 16.9 Å². The van der Waals surface area contributed by atoms with Gasteiger partial charge in [0.15, 0.2) is 0 Å². The number of rotatable bonds is 5. The van der Waals surface area contributed by atoms with E-state index >= 15 is 0 Å². The third kappa shape index (κ3) is 2.70. The fourth-order valence-corrected chi connectivity index (χ4v) is 2.03. The largest absolute Gasteiger partial charge is 0.382 e. The van der Waals surface area contributed by atoms with Gasteiger partial charge >= 0.3 is 0 Å². The molecule has 0 saturated carbocycles. The van der Waals surface area contributed by atoms with Crippen LogP contribution < -0.4 is 5.32 Å². The van der Waals surface area contributed by atoms with Crippen LogP contribution in [0.3, 0.4) is 0 Å². The number of aromatic nitrogens is 1. The number of fused-ring (bicyclic) bond motifs is 1. The maximum Gasteiger partial charge on any atom is 0.278 e. The normalized spacial score (nSPS) is 12.1. The quantitative estimate of drug-likeness (QED) is 0.505. The first-order valence-corrected chi connectivity index (χ1v) is 6.02. The van der Waals surface area contributed by atoms with Crippen LogP contribution >= 0.6 is 0 Å². The summed E-state index contributed by atoms with van der Waals surface area (Å²) in [5, 5.41) is 15.7. The van der Waals surface area contributed by atoms with E-state index in [4.69, 9.17) is 0 Å². The van der Waals surface area contributed by atoms with Crippen molar-refractivity contribution in [1.29, 1.82) is 0 Å². The number of anilines is 1. The molecule has 1 N–H and O–H groups in total. The van der Waals surface area contributed by atoms with Crippen LogP contribution in [0.4, 0.5) is 11.4 Å². The second kappa shape index (κ2) is 5.48. The molecule has 1 aromatic heterocycles.